The maximum absolute atomic E-state index is 5.76. The number of hydrogen-bond acceptors (Lipinski definition) is 2. The van der Waals surface area contributed by atoms with Gasteiger partial charge < -0.3 is 15.0 Å². The molecule has 1 saturated heterocycles. The minimum Gasteiger partial charge on any atom is -0.381 e. The van der Waals surface area contributed by atoms with Crippen molar-refractivity contribution in [3.63, 3.8) is 0 Å². The average Bonchev–Trinajstić information content (AvgIpc) is 2.73. The van der Waals surface area contributed by atoms with Gasteiger partial charge in [-0.2, -0.15) is 0 Å². The van der Waals surface area contributed by atoms with Crippen molar-refractivity contribution in [3.8, 4) is 0 Å². The average molecular weight is 272 g/mol. The van der Waals surface area contributed by atoms with Crippen LogP contribution in [-0.4, -0.2) is 17.8 Å². The van der Waals surface area contributed by atoms with E-state index in [0.717, 1.165) is 25.7 Å². The zero-order valence-corrected chi connectivity index (χ0v) is 12.5. The molecule has 1 aliphatic heterocycles. The van der Waals surface area contributed by atoms with Gasteiger partial charge in [-0.05, 0) is 55.9 Å². The minimum absolute atomic E-state index is 0.611. The topological polar surface area (TPSA) is 40.2 Å². The van der Waals surface area contributed by atoms with Gasteiger partial charge in [-0.15, -0.1) is 0 Å². The Morgan fingerprint density at radius 2 is 2.00 bits per heavy atom. The number of nitrogens with zero attached hydrogens (tertiary/aromatic N) is 1. The summed E-state index contributed by atoms with van der Waals surface area (Å²) in [6.45, 7) is 8.01. The Balaban J connectivity index is 1.99. The van der Waals surface area contributed by atoms with E-state index in [4.69, 9.17) is 10.5 Å². The molecule has 1 fully saturated rings. The van der Waals surface area contributed by atoms with Crippen LogP contribution in [0, 0.1) is 19.8 Å². The third-order valence-corrected chi connectivity index (χ3v) is 4.72. The molecule has 2 aromatic rings. The Kier molecular flexibility index (Phi) is 3.81. The van der Waals surface area contributed by atoms with Gasteiger partial charge in [-0.1, -0.05) is 6.07 Å². The molecule has 0 unspecified atom stereocenters. The SMILES string of the molecule is Cc1c(C)n(CC2CCOCC2)c2ccc(CN)cc12. The van der Waals surface area contributed by atoms with Crippen LogP contribution in [0.3, 0.4) is 0 Å². The van der Waals surface area contributed by atoms with Crippen molar-refractivity contribution in [2.45, 2.75) is 39.8 Å². The molecule has 0 bridgehead atoms. The highest BCUT2D eigenvalue weighted by atomic mass is 16.5. The lowest BCUT2D eigenvalue weighted by Crippen LogP contribution is -2.20. The monoisotopic (exact) mass is 272 g/mol. The first-order valence-electron chi connectivity index (χ1n) is 7.57. The van der Waals surface area contributed by atoms with Gasteiger partial charge in [0.1, 0.15) is 0 Å². The first kappa shape index (κ1) is 13.7. The molecule has 1 aromatic carbocycles. The summed E-state index contributed by atoms with van der Waals surface area (Å²) in [7, 11) is 0. The molecule has 0 spiro atoms. The Hall–Kier alpha value is -1.32. The van der Waals surface area contributed by atoms with Crippen LogP contribution in [0.5, 0.6) is 0 Å². The number of benzene rings is 1. The molecular formula is C17H24N2O. The van der Waals surface area contributed by atoms with Crippen molar-refractivity contribution in [2.24, 2.45) is 11.7 Å². The largest absolute Gasteiger partial charge is 0.381 e. The third-order valence-electron chi connectivity index (χ3n) is 4.72. The highest BCUT2D eigenvalue weighted by Crippen LogP contribution is 2.28. The van der Waals surface area contributed by atoms with Gasteiger partial charge in [-0.3, -0.25) is 0 Å². The fraction of sp³-hybridized carbons (Fsp3) is 0.529. The van der Waals surface area contributed by atoms with Crippen molar-refractivity contribution in [1.29, 1.82) is 0 Å². The molecule has 2 N–H and O–H groups in total. The summed E-state index contributed by atoms with van der Waals surface area (Å²) in [5.74, 6) is 0.742. The second kappa shape index (κ2) is 5.58. The zero-order valence-electron chi connectivity index (χ0n) is 12.5. The van der Waals surface area contributed by atoms with E-state index >= 15 is 0 Å². The maximum atomic E-state index is 5.76. The number of hydrogen-bond donors (Lipinski definition) is 1. The quantitative estimate of drug-likeness (QED) is 0.932. The first-order chi connectivity index (χ1) is 9.70. The third kappa shape index (κ3) is 2.36. The summed E-state index contributed by atoms with van der Waals surface area (Å²) >= 11 is 0. The van der Waals surface area contributed by atoms with Crippen LogP contribution in [-0.2, 0) is 17.8 Å². The standard InChI is InChI=1S/C17H24N2O/c1-12-13(2)19(11-14-5-7-20-8-6-14)17-4-3-15(10-18)9-16(12)17/h3-4,9,14H,5-8,10-11,18H2,1-2H3. The second-order valence-electron chi connectivity index (χ2n) is 5.93. The molecule has 3 nitrogen and oxygen atoms in total. The van der Waals surface area contributed by atoms with Crippen LogP contribution >= 0.6 is 0 Å². The highest BCUT2D eigenvalue weighted by molar-refractivity contribution is 5.86. The Morgan fingerprint density at radius 3 is 2.70 bits per heavy atom. The first-order valence-corrected chi connectivity index (χ1v) is 7.57. The predicted molar refractivity (Wildman–Crippen MR) is 82.8 cm³/mol. The Labute approximate surface area is 120 Å². The molecule has 0 radical (unpaired) electrons. The molecule has 0 aliphatic carbocycles. The van der Waals surface area contributed by atoms with E-state index in [9.17, 15) is 0 Å². The fourth-order valence-electron chi connectivity index (χ4n) is 3.25. The van der Waals surface area contributed by atoms with Crippen LogP contribution in [0.1, 0.15) is 29.7 Å². The van der Waals surface area contributed by atoms with E-state index in [1.54, 1.807) is 0 Å². The van der Waals surface area contributed by atoms with Gasteiger partial charge in [0, 0.05) is 42.9 Å². The molecule has 2 heterocycles. The minimum atomic E-state index is 0.611. The molecule has 108 valence electrons. The number of fused-ring (bicyclic) bond motifs is 1. The van der Waals surface area contributed by atoms with E-state index in [2.05, 4.69) is 36.6 Å². The van der Waals surface area contributed by atoms with Gasteiger partial charge in [0.25, 0.3) is 0 Å². The second-order valence-corrected chi connectivity index (χ2v) is 5.93. The number of aryl methyl sites for hydroxylation is 1. The number of rotatable bonds is 3. The van der Waals surface area contributed by atoms with Crippen molar-refractivity contribution < 1.29 is 4.74 Å². The lowest BCUT2D eigenvalue weighted by molar-refractivity contribution is 0.0615. The summed E-state index contributed by atoms with van der Waals surface area (Å²) in [6.07, 6.45) is 2.36. The molecule has 3 rings (SSSR count). The summed E-state index contributed by atoms with van der Waals surface area (Å²) in [4.78, 5) is 0. The van der Waals surface area contributed by atoms with Crippen molar-refractivity contribution in [3.05, 3.63) is 35.0 Å². The van der Waals surface area contributed by atoms with E-state index in [1.807, 2.05) is 0 Å². The summed E-state index contributed by atoms with van der Waals surface area (Å²) in [5, 5.41) is 1.36. The normalized spacial score (nSPS) is 16.9. The smallest absolute Gasteiger partial charge is 0.0485 e. The molecule has 0 saturated carbocycles. The van der Waals surface area contributed by atoms with Crippen molar-refractivity contribution in [1.82, 2.24) is 4.57 Å². The highest BCUT2D eigenvalue weighted by Gasteiger charge is 2.18. The number of aromatic nitrogens is 1. The molecule has 1 aliphatic rings. The Bertz CT molecular complexity index is 609. The predicted octanol–water partition coefficient (Wildman–Crippen LogP) is 3.14. The maximum Gasteiger partial charge on any atom is 0.0485 e. The van der Waals surface area contributed by atoms with Gasteiger partial charge in [-0.25, -0.2) is 0 Å². The zero-order chi connectivity index (χ0) is 14.1. The van der Waals surface area contributed by atoms with Crippen LogP contribution < -0.4 is 5.73 Å². The fourth-order valence-corrected chi connectivity index (χ4v) is 3.25. The van der Waals surface area contributed by atoms with E-state index in [-0.39, 0.29) is 0 Å². The molecule has 1 aromatic heterocycles. The van der Waals surface area contributed by atoms with Crippen LogP contribution in [0.15, 0.2) is 18.2 Å². The van der Waals surface area contributed by atoms with Gasteiger partial charge >= 0.3 is 0 Å². The molecule has 3 heteroatoms. The van der Waals surface area contributed by atoms with Crippen LogP contribution in [0.25, 0.3) is 10.9 Å². The van der Waals surface area contributed by atoms with Gasteiger partial charge in [0.15, 0.2) is 0 Å². The summed E-state index contributed by atoms with van der Waals surface area (Å²) in [6, 6.07) is 6.64. The summed E-state index contributed by atoms with van der Waals surface area (Å²) < 4.78 is 7.95. The van der Waals surface area contributed by atoms with Gasteiger partial charge in [0.2, 0.25) is 0 Å². The van der Waals surface area contributed by atoms with Crippen molar-refractivity contribution >= 4 is 10.9 Å². The lowest BCUT2D eigenvalue weighted by Gasteiger charge is -2.23. The van der Waals surface area contributed by atoms with Gasteiger partial charge in [0.05, 0.1) is 0 Å². The number of ether oxygens (including phenoxy) is 1. The number of nitrogens with two attached hydrogens (primary N) is 1. The molecular weight excluding hydrogens is 248 g/mol. The Morgan fingerprint density at radius 1 is 1.25 bits per heavy atom. The van der Waals surface area contributed by atoms with E-state index in [1.165, 1.54) is 40.6 Å². The summed E-state index contributed by atoms with van der Waals surface area (Å²) in [5.41, 5.74) is 11.1. The van der Waals surface area contributed by atoms with Crippen LogP contribution in [0.4, 0.5) is 0 Å². The van der Waals surface area contributed by atoms with Crippen LogP contribution in [0.2, 0.25) is 0 Å². The molecule has 20 heavy (non-hydrogen) atoms. The molecule has 0 atom stereocenters. The lowest BCUT2D eigenvalue weighted by atomic mass is 10.0. The van der Waals surface area contributed by atoms with E-state index < -0.39 is 0 Å². The van der Waals surface area contributed by atoms with Crippen molar-refractivity contribution in [2.75, 3.05) is 13.2 Å². The molecule has 0 amide bonds. The van der Waals surface area contributed by atoms with E-state index in [0.29, 0.717) is 6.54 Å².